The Kier molecular flexibility index (Phi) is 9.81. The molecule has 0 saturated heterocycles. The molecule has 164 valence electrons. The van der Waals surface area contributed by atoms with Crippen LogP contribution in [0.5, 0.6) is 0 Å². The van der Waals surface area contributed by atoms with Crippen LogP contribution in [-0.2, 0) is 20.6 Å². The molecule has 0 unspecified atom stereocenters. The fourth-order valence-electron chi connectivity index (χ4n) is 2.87. The zero-order chi connectivity index (χ0) is 22.1. The number of aryl methyl sites for hydroxylation is 1. The Balaban J connectivity index is 1.74. The maximum absolute atomic E-state index is 12.2. The third-order valence-electron chi connectivity index (χ3n) is 4.33. The Hall–Kier alpha value is -1.41. The van der Waals surface area contributed by atoms with E-state index in [-0.39, 0.29) is 18.9 Å². The lowest BCUT2D eigenvalue weighted by Gasteiger charge is -2.24. The van der Waals surface area contributed by atoms with Crippen LogP contribution < -0.4 is 9.62 Å². The Morgan fingerprint density at radius 1 is 1.13 bits per heavy atom. The van der Waals surface area contributed by atoms with Crippen LogP contribution in [0.3, 0.4) is 0 Å². The van der Waals surface area contributed by atoms with Crippen molar-refractivity contribution in [3.63, 3.8) is 0 Å². The number of benzene rings is 2. The largest absolute Gasteiger partial charge is 0.355 e. The van der Waals surface area contributed by atoms with Crippen molar-refractivity contribution < 1.29 is 13.2 Å². The molecule has 0 fully saturated rings. The highest BCUT2D eigenvalue weighted by Gasteiger charge is 2.19. The van der Waals surface area contributed by atoms with E-state index in [0.717, 1.165) is 33.9 Å². The van der Waals surface area contributed by atoms with E-state index in [9.17, 15) is 13.2 Å². The molecule has 0 atom stereocenters. The van der Waals surface area contributed by atoms with Crippen LogP contribution in [0.1, 0.15) is 24.0 Å². The molecule has 0 saturated carbocycles. The Labute approximate surface area is 193 Å². The molecule has 2 rings (SSSR count). The summed E-state index contributed by atoms with van der Waals surface area (Å²) in [5.74, 6) is 1.53. The van der Waals surface area contributed by atoms with Crippen LogP contribution >= 0.6 is 35.0 Å². The summed E-state index contributed by atoms with van der Waals surface area (Å²) in [6.07, 6.45) is 1.83. The highest BCUT2D eigenvalue weighted by molar-refractivity contribution is 7.98. The molecule has 0 aliphatic rings. The maximum Gasteiger partial charge on any atom is 0.232 e. The van der Waals surface area contributed by atoms with Crippen molar-refractivity contribution in [3.8, 4) is 0 Å². The van der Waals surface area contributed by atoms with Gasteiger partial charge in [0.15, 0.2) is 0 Å². The summed E-state index contributed by atoms with van der Waals surface area (Å²) in [6, 6.07) is 12.9. The first-order valence-electron chi connectivity index (χ1n) is 9.49. The number of rotatable bonds is 11. The second-order valence-electron chi connectivity index (χ2n) is 6.90. The molecule has 0 bridgehead atoms. The molecule has 1 N–H and O–H groups in total. The first-order chi connectivity index (χ1) is 14.2. The molecule has 0 spiro atoms. The molecule has 2 aromatic rings. The summed E-state index contributed by atoms with van der Waals surface area (Å²) in [4.78, 5) is 12.1. The molecule has 0 aliphatic heterocycles. The van der Waals surface area contributed by atoms with Crippen LogP contribution in [0.4, 0.5) is 5.69 Å². The monoisotopic (exact) mass is 488 g/mol. The lowest BCUT2D eigenvalue weighted by Crippen LogP contribution is -2.33. The van der Waals surface area contributed by atoms with E-state index in [4.69, 9.17) is 23.2 Å². The van der Waals surface area contributed by atoms with Crippen molar-refractivity contribution >= 4 is 56.6 Å². The van der Waals surface area contributed by atoms with E-state index in [2.05, 4.69) is 5.32 Å². The SMILES string of the molecule is Cc1ccc(Cl)cc1N(CCCC(=O)NCCSCc1cccc(Cl)c1)S(C)(=O)=O. The molecule has 30 heavy (non-hydrogen) atoms. The van der Waals surface area contributed by atoms with Gasteiger partial charge in [0, 0.05) is 41.1 Å². The minimum absolute atomic E-state index is 0.0883. The lowest BCUT2D eigenvalue weighted by molar-refractivity contribution is -0.121. The van der Waals surface area contributed by atoms with Crippen LogP contribution in [0.15, 0.2) is 42.5 Å². The minimum atomic E-state index is -3.48. The fraction of sp³-hybridized carbons (Fsp3) is 0.381. The molecular weight excluding hydrogens is 463 g/mol. The van der Waals surface area contributed by atoms with Gasteiger partial charge in [-0.1, -0.05) is 41.4 Å². The van der Waals surface area contributed by atoms with Crippen molar-refractivity contribution in [2.24, 2.45) is 0 Å². The highest BCUT2D eigenvalue weighted by Crippen LogP contribution is 2.26. The minimum Gasteiger partial charge on any atom is -0.355 e. The number of carbonyl (C=O) groups excluding carboxylic acids is 1. The summed E-state index contributed by atoms with van der Waals surface area (Å²) in [7, 11) is -3.48. The third kappa shape index (κ3) is 8.38. The average Bonchev–Trinajstić information content (AvgIpc) is 2.66. The van der Waals surface area contributed by atoms with Crippen molar-refractivity contribution in [3.05, 3.63) is 63.6 Å². The predicted molar refractivity (Wildman–Crippen MR) is 128 cm³/mol. The first kappa shape index (κ1) is 24.9. The van der Waals surface area contributed by atoms with Gasteiger partial charge in [-0.25, -0.2) is 8.42 Å². The Morgan fingerprint density at radius 2 is 1.87 bits per heavy atom. The number of halogens is 2. The summed E-state index contributed by atoms with van der Waals surface area (Å²) in [6.45, 7) is 2.61. The fourth-order valence-corrected chi connectivity index (χ4v) is 5.07. The van der Waals surface area contributed by atoms with Crippen molar-refractivity contribution in [2.45, 2.75) is 25.5 Å². The van der Waals surface area contributed by atoms with Gasteiger partial charge in [0.05, 0.1) is 11.9 Å². The van der Waals surface area contributed by atoms with Crippen molar-refractivity contribution in [1.29, 1.82) is 0 Å². The lowest BCUT2D eigenvalue weighted by atomic mass is 10.2. The number of thioether (sulfide) groups is 1. The summed E-state index contributed by atoms with van der Waals surface area (Å²) >= 11 is 13.7. The van der Waals surface area contributed by atoms with E-state index < -0.39 is 10.0 Å². The van der Waals surface area contributed by atoms with Gasteiger partial charge in [-0.3, -0.25) is 9.10 Å². The second-order valence-corrected chi connectivity index (χ2v) is 10.8. The number of nitrogens with zero attached hydrogens (tertiary/aromatic N) is 1. The van der Waals surface area contributed by atoms with Gasteiger partial charge in [0.25, 0.3) is 0 Å². The van der Waals surface area contributed by atoms with Gasteiger partial charge >= 0.3 is 0 Å². The molecule has 0 aromatic heterocycles. The number of anilines is 1. The van der Waals surface area contributed by atoms with E-state index in [1.165, 1.54) is 4.31 Å². The quantitative estimate of drug-likeness (QED) is 0.456. The number of nitrogens with one attached hydrogen (secondary N) is 1. The van der Waals surface area contributed by atoms with Gasteiger partial charge < -0.3 is 5.32 Å². The number of hydrogen-bond donors (Lipinski definition) is 1. The molecule has 9 heteroatoms. The zero-order valence-electron chi connectivity index (χ0n) is 17.0. The van der Waals surface area contributed by atoms with Crippen LogP contribution in [0.2, 0.25) is 10.0 Å². The van der Waals surface area contributed by atoms with Gasteiger partial charge in [0.1, 0.15) is 0 Å². The van der Waals surface area contributed by atoms with Crippen LogP contribution in [0, 0.1) is 6.92 Å². The van der Waals surface area contributed by atoms with E-state index >= 15 is 0 Å². The third-order valence-corrected chi connectivity index (χ3v) is 7.01. The summed E-state index contributed by atoms with van der Waals surface area (Å²) in [5, 5.41) is 4.07. The predicted octanol–water partition coefficient (Wildman–Crippen LogP) is 4.90. The molecule has 0 radical (unpaired) electrons. The topological polar surface area (TPSA) is 66.5 Å². The molecular formula is C21H26Cl2N2O3S2. The Bertz CT molecular complexity index is 968. The number of amides is 1. The summed E-state index contributed by atoms with van der Waals surface area (Å²) in [5.41, 5.74) is 2.50. The highest BCUT2D eigenvalue weighted by atomic mass is 35.5. The van der Waals surface area contributed by atoms with Gasteiger partial charge in [-0.15, -0.1) is 0 Å². The van der Waals surface area contributed by atoms with Crippen molar-refractivity contribution in [1.82, 2.24) is 5.32 Å². The first-order valence-corrected chi connectivity index (χ1v) is 13.3. The molecule has 0 heterocycles. The van der Waals surface area contributed by atoms with E-state index in [1.54, 1.807) is 30.0 Å². The van der Waals surface area contributed by atoms with Crippen molar-refractivity contribution in [2.75, 3.05) is 29.4 Å². The van der Waals surface area contributed by atoms with Gasteiger partial charge in [-0.05, 0) is 48.7 Å². The molecule has 5 nitrogen and oxygen atoms in total. The number of hydrogen-bond acceptors (Lipinski definition) is 4. The standard InChI is InChI=1S/C21H26Cl2N2O3S2/c1-16-8-9-19(23)14-20(16)25(30(2,27)28)11-4-7-21(26)24-10-12-29-15-17-5-3-6-18(22)13-17/h3,5-6,8-9,13-14H,4,7,10-12,15H2,1-2H3,(H,24,26). The van der Waals surface area contributed by atoms with Gasteiger partial charge in [0.2, 0.25) is 15.9 Å². The molecule has 1 amide bonds. The maximum atomic E-state index is 12.2. The normalized spacial score (nSPS) is 11.3. The second kappa shape index (κ2) is 11.8. The molecule has 0 aliphatic carbocycles. The van der Waals surface area contributed by atoms with Crippen LogP contribution in [-0.4, -0.2) is 39.4 Å². The number of carbonyl (C=O) groups is 1. The number of sulfonamides is 1. The van der Waals surface area contributed by atoms with E-state index in [1.807, 2.05) is 31.2 Å². The smallest absolute Gasteiger partial charge is 0.232 e. The summed E-state index contributed by atoms with van der Waals surface area (Å²) < 4.78 is 25.8. The van der Waals surface area contributed by atoms with Crippen LogP contribution in [0.25, 0.3) is 0 Å². The van der Waals surface area contributed by atoms with E-state index in [0.29, 0.717) is 23.7 Å². The molecule has 2 aromatic carbocycles. The van der Waals surface area contributed by atoms with Gasteiger partial charge in [-0.2, -0.15) is 11.8 Å². The zero-order valence-corrected chi connectivity index (χ0v) is 20.2. The average molecular weight is 489 g/mol. The Morgan fingerprint density at radius 3 is 2.57 bits per heavy atom.